The summed E-state index contributed by atoms with van der Waals surface area (Å²) in [5.41, 5.74) is 1.31. The van der Waals surface area contributed by atoms with E-state index in [1.54, 1.807) is 0 Å². The summed E-state index contributed by atoms with van der Waals surface area (Å²) in [6.45, 7) is 8.91. The number of nitrogens with zero attached hydrogens (tertiary/aromatic N) is 2. The third kappa shape index (κ3) is 19.3. The predicted octanol–water partition coefficient (Wildman–Crippen LogP) is -2.48. The average Bonchev–Trinajstić information content (AvgIpc) is 2.68. The van der Waals surface area contributed by atoms with Crippen LogP contribution < -0.4 is 34.9 Å². The summed E-state index contributed by atoms with van der Waals surface area (Å²) in [5, 5.41) is 10.5. The first kappa shape index (κ1) is 34.0. The maximum atomic E-state index is 10.6. The molecule has 0 aromatic carbocycles. The molecule has 0 unspecified atom stereocenters. The number of alkyl halides is 3. The molecular formula is C18H26BF3N3NaO8. The Labute approximate surface area is 216 Å². The quantitative estimate of drug-likeness (QED) is 0.412. The van der Waals surface area contributed by atoms with Crippen molar-refractivity contribution in [2.45, 2.75) is 33.5 Å². The van der Waals surface area contributed by atoms with E-state index in [1.165, 1.54) is 5.56 Å². The van der Waals surface area contributed by atoms with Crippen LogP contribution in [0.1, 0.15) is 26.3 Å². The van der Waals surface area contributed by atoms with Crippen molar-refractivity contribution in [3.8, 4) is 0 Å². The summed E-state index contributed by atoms with van der Waals surface area (Å²) in [7, 11) is -2.41. The predicted molar refractivity (Wildman–Crippen MR) is 109 cm³/mol. The number of rotatable bonds is 5. The number of carbonyl (C=O) groups is 4. The molecule has 34 heavy (non-hydrogen) atoms. The second-order valence-corrected chi connectivity index (χ2v) is 6.45. The van der Waals surface area contributed by atoms with Crippen molar-refractivity contribution in [1.82, 2.24) is 15.2 Å². The monoisotopic (exact) mass is 503 g/mol. The van der Waals surface area contributed by atoms with Crippen LogP contribution in [-0.2, 0) is 39.7 Å². The summed E-state index contributed by atoms with van der Waals surface area (Å²) < 4.78 is 45.0. The number of carboxylic acids is 1. The van der Waals surface area contributed by atoms with E-state index < -0.39 is 37.4 Å². The number of aromatic nitrogens is 1. The van der Waals surface area contributed by atoms with Gasteiger partial charge in [0.25, 0.3) is 17.9 Å². The molecule has 1 fully saturated rings. The maximum Gasteiger partial charge on any atom is 1.00 e. The van der Waals surface area contributed by atoms with Crippen molar-refractivity contribution >= 4 is 31.2 Å². The fourth-order valence-electron chi connectivity index (χ4n) is 2.21. The minimum absolute atomic E-state index is 0. The van der Waals surface area contributed by atoms with Crippen LogP contribution in [0.15, 0.2) is 24.5 Å². The zero-order chi connectivity index (χ0) is 25.4. The zero-order valence-electron chi connectivity index (χ0n) is 19.4. The van der Waals surface area contributed by atoms with E-state index in [9.17, 15) is 27.6 Å². The van der Waals surface area contributed by atoms with Crippen molar-refractivity contribution in [2.75, 3.05) is 26.2 Å². The number of carbonyl (C=O) groups excluding carboxylic acids is 3. The fraction of sp³-hybridized carbons (Fsp3) is 0.500. The van der Waals surface area contributed by atoms with Crippen LogP contribution in [0.2, 0.25) is 0 Å². The van der Waals surface area contributed by atoms with Crippen LogP contribution in [0.25, 0.3) is 0 Å². The second-order valence-electron chi connectivity index (χ2n) is 6.45. The normalized spacial score (nSPS) is 13.0. The number of hydrogen-bond donors (Lipinski definition) is 2. The molecule has 2 rings (SSSR count). The van der Waals surface area contributed by atoms with Crippen molar-refractivity contribution in [2.24, 2.45) is 0 Å². The summed E-state index contributed by atoms with van der Waals surface area (Å²) in [6, 6.07) is 4.13. The van der Waals surface area contributed by atoms with Gasteiger partial charge in [-0.15, -0.1) is 0 Å². The third-order valence-corrected chi connectivity index (χ3v) is 3.54. The molecule has 0 atom stereocenters. The van der Waals surface area contributed by atoms with Gasteiger partial charge in [0.05, 0.1) is 0 Å². The summed E-state index contributed by atoms with van der Waals surface area (Å²) in [5.74, 6) is -4.79. The van der Waals surface area contributed by atoms with Crippen LogP contribution in [0, 0.1) is 0 Å². The van der Waals surface area contributed by atoms with Gasteiger partial charge in [-0.2, -0.15) is 13.2 Å². The van der Waals surface area contributed by atoms with Gasteiger partial charge in [-0.1, -0.05) is 6.07 Å². The molecule has 16 heteroatoms. The molecule has 1 aliphatic heterocycles. The van der Waals surface area contributed by atoms with Gasteiger partial charge in [-0.3, -0.25) is 24.3 Å². The van der Waals surface area contributed by atoms with Crippen LogP contribution in [0.3, 0.4) is 0 Å². The first-order valence-electron chi connectivity index (χ1n) is 9.61. The van der Waals surface area contributed by atoms with E-state index in [4.69, 9.17) is 9.90 Å². The van der Waals surface area contributed by atoms with Gasteiger partial charge in [-0.05, 0) is 11.6 Å². The number of nitrogens with one attached hydrogen (secondary N) is 1. The number of piperazine rings is 1. The first-order valence-corrected chi connectivity index (χ1v) is 9.61. The fourth-order valence-corrected chi connectivity index (χ4v) is 2.21. The number of carboxylic acid groups (broad SMARTS) is 1. The van der Waals surface area contributed by atoms with Gasteiger partial charge >= 0.3 is 49.0 Å². The Morgan fingerprint density at radius 1 is 1.06 bits per heavy atom. The Hall–Kier alpha value is -2.20. The van der Waals surface area contributed by atoms with Crippen molar-refractivity contribution < 1.29 is 81.0 Å². The summed E-state index contributed by atoms with van der Waals surface area (Å²) in [6.07, 6.45) is -1.32. The summed E-state index contributed by atoms with van der Waals surface area (Å²) >= 11 is 0. The molecule has 0 saturated carbocycles. The van der Waals surface area contributed by atoms with Crippen molar-refractivity contribution in [1.29, 1.82) is 0 Å². The maximum absolute atomic E-state index is 10.6. The molecule has 11 nitrogen and oxygen atoms in total. The third-order valence-electron chi connectivity index (χ3n) is 3.54. The SMILES string of the molecule is CC(=O)O[BH-](OC(C)=O)OC(C)=O.O=C(O)C(F)(F)F.[Na+].c1cncc(CN2CCNCC2)c1. The molecule has 2 heterocycles. The molecule has 0 bridgehead atoms. The van der Waals surface area contributed by atoms with E-state index in [2.05, 4.69) is 35.2 Å². The van der Waals surface area contributed by atoms with E-state index in [1.807, 2.05) is 18.5 Å². The topological polar surface area (TPSA) is 144 Å². The van der Waals surface area contributed by atoms with E-state index >= 15 is 0 Å². The molecule has 1 aliphatic rings. The minimum Gasteiger partial charge on any atom is -0.625 e. The van der Waals surface area contributed by atoms with Crippen molar-refractivity contribution in [3.63, 3.8) is 0 Å². The Morgan fingerprint density at radius 3 is 1.82 bits per heavy atom. The molecule has 1 aromatic heterocycles. The molecule has 0 aliphatic carbocycles. The van der Waals surface area contributed by atoms with Gasteiger partial charge < -0.3 is 24.4 Å². The van der Waals surface area contributed by atoms with E-state index in [0.29, 0.717) is 0 Å². The van der Waals surface area contributed by atoms with Crippen LogP contribution in [0.5, 0.6) is 0 Å². The molecule has 0 spiro atoms. The van der Waals surface area contributed by atoms with Gasteiger partial charge in [0, 0.05) is 65.9 Å². The van der Waals surface area contributed by atoms with Gasteiger partial charge in [-0.25, -0.2) is 4.79 Å². The van der Waals surface area contributed by atoms with Crippen molar-refractivity contribution in [3.05, 3.63) is 30.1 Å². The molecule has 1 saturated heterocycles. The van der Waals surface area contributed by atoms with Crippen LogP contribution in [-0.4, -0.2) is 78.5 Å². The second kappa shape index (κ2) is 18.2. The van der Waals surface area contributed by atoms with Gasteiger partial charge in [0.2, 0.25) is 0 Å². The molecular weight excluding hydrogens is 477 g/mol. The first-order chi connectivity index (χ1) is 15.3. The smallest absolute Gasteiger partial charge is 0.625 e. The Balaban J connectivity index is 0. The largest absolute Gasteiger partial charge is 1.00 e. The number of aliphatic carboxylic acids is 1. The molecule has 0 radical (unpaired) electrons. The molecule has 2 N–H and O–H groups in total. The Bertz CT molecular complexity index is 731. The molecule has 186 valence electrons. The number of pyridine rings is 1. The number of halogens is 3. The standard InChI is InChI=1S/C10H15N3.C6H10BO6.C2HF3O2.Na/c1-2-10(8-12-3-1)9-13-6-4-11-5-7-13;1-4(8)11-7(12-5(2)9)13-6(3)10;3-2(4,5)1(6)7;/h1-3,8,11H,4-7,9H2;7H,1-3H3;(H,6,7);/q;-1;;+1. The Morgan fingerprint density at radius 2 is 1.50 bits per heavy atom. The average molecular weight is 503 g/mol. The van der Waals surface area contributed by atoms with Gasteiger partial charge in [0.1, 0.15) is 0 Å². The number of hydrogen-bond acceptors (Lipinski definition) is 10. The van der Waals surface area contributed by atoms with Crippen LogP contribution >= 0.6 is 0 Å². The molecule has 1 aromatic rings. The van der Waals surface area contributed by atoms with Gasteiger partial charge in [0.15, 0.2) is 0 Å². The summed E-state index contributed by atoms with van der Waals surface area (Å²) in [4.78, 5) is 46.8. The minimum atomic E-state index is -5.08. The van der Waals surface area contributed by atoms with Crippen LogP contribution in [0.4, 0.5) is 13.2 Å². The van der Waals surface area contributed by atoms with E-state index in [0.717, 1.165) is 53.5 Å². The molecule has 0 amide bonds. The Kier molecular flexibility index (Phi) is 18.2. The zero-order valence-corrected chi connectivity index (χ0v) is 21.4. The van der Waals surface area contributed by atoms with E-state index in [-0.39, 0.29) is 29.6 Å².